The summed E-state index contributed by atoms with van der Waals surface area (Å²) in [4.78, 5) is 12.0. The first kappa shape index (κ1) is 13.4. The van der Waals surface area contributed by atoms with Gasteiger partial charge in [0.05, 0.1) is 10.4 Å². The molecular weight excluding hydrogens is 196 g/mol. The van der Waals surface area contributed by atoms with Crippen LogP contribution in [0, 0.1) is 11.3 Å². The molecule has 0 rings (SSSR count). The Bertz CT molecular complexity index is 228. The van der Waals surface area contributed by atoms with Gasteiger partial charge in [-0.05, 0) is 19.3 Å². The van der Waals surface area contributed by atoms with Crippen LogP contribution in [-0.2, 0) is 4.79 Å². The van der Waals surface area contributed by atoms with Crippen LogP contribution in [0.4, 0.5) is 0 Å². The topological polar surface area (TPSA) is 55.1 Å². The number of thiocarbonyl (C=S) groups is 1. The van der Waals surface area contributed by atoms with Crippen molar-refractivity contribution in [3.63, 3.8) is 0 Å². The second-order valence-electron chi connectivity index (χ2n) is 4.15. The lowest BCUT2D eigenvalue weighted by Crippen LogP contribution is -2.47. The average molecular weight is 216 g/mol. The van der Waals surface area contributed by atoms with E-state index in [4.69, 9.17) is 18.0 Å². The SMILES string of the molecule is CCC(C)(C(=O)NCC(C)C)C(N)=S. The minimum absolute atomic E-state index is 0.0683. The molecule has 0 aliphatic heterocycles. The predicted molar refractivity (Wildman–Crippen MR) is 63.0 cm³/mol. The number of nitrogens with two attached hydrogens (primary N) is 1. The van der Waals surface area contributed by atoms with Crippen molar-refractivity contribution in [2.24, 2.45) is 17.1 Å². The molecule has 0 radical (unpaired) electrons. The Morgan fingerprint density at radius 3 is 2.36 bits per heavy atom. The molecule has 0 bridgehead atoms. The van der Waals surface area contributed by atoms with Gasteiger partial charge in [-0.2, -0.15) is 0 Å². The highest BCUT2D eigenvalue weighted by Gasteiger charge is 2.34. The van der Waals surface area contributed by atoms with Gasteiger partial charge in [0.1, 0.15) is 0 Å². The smallest absolute Gasteiger partial charge is 0.232 e. The third-order valence-corrected chi connectivity index (χ3v) is 2.87. The van der Waals surface area contributed by atoms with Gasteiger partial charge >= 0.3 is 0 Å². The maximum Gasteiger partial charge on any atom is 0.232 e. The molecule has 82 valence electrons. The van der Waals surface area contributed by atoms with Crippen LogP contribution in [0.1, 0.15) is 34.1 Å². The number of nitrogens with one attached hydrogen (secondary N) is 1. The Morgan fingerprint density at radius 1 is 1.57 bits per heavy atom. The Balaban J connectivity index is 4.40. The third-order valence-electron chi connectivity index (χ3n) is 2.42. The molecule has 0 aromatic heterocycles. The summed E-state index contributed by atoms with van der Waals surface area (Å²) in [5.74, 6) is 0.368. The van der Waals surface area contributed by atoms with Gasteiger partial charge in [-0.15, -0.1) is 0 Å². The fourth-order valence-electron chi connectivity index (χ4n) is 0.939. The normalized spacial score (nSPS) is 14.9. The van der Waals surface area contributed by atoms with Gasteiger partial charge in [-0.3, -0.25) is 4.79 Å². The molecule has 0 saturated carbocycles. The summed E-state index contributed by atoms with van der Waals surface area (Å²) in [5, 5.41) is 2.85. The van der Waals surface area contributed by atoms with Gasteiger partial charge in [0.2, 0.25) is 5.91 Å². The van der Waals surface area contributed by atoms with Crippen molar-refractivity contribution >= 4 is 23.1 Å². The van der Waals surface area contributed by atoms with Crippen LogP contribution in [0.15, 0.2) is 0 Å². The van der Waals surface area contributed by atoms with E-state index in [9.17, 15) is 4.79 Å². The van der Waals surface area contributed by atoms with Crippen molar-refractivity contribution in [2.45, 2.75) is 34.1 Å². The molecule has 0 aromatic rings. The first-order chi connectivity index (χ1) is 6.34. The summed E-state index contributed by atoms with van der Waals surface area (Å²) >= 11 is 4.90. The lowest BCUT2D eigenvalue weighted by atomic mass is 9.86. The second-order valence-corrected chi connectivity index (χ2v) is 4.59. The summed E-state index contributed by atoms with van der Waals surface area (Å²) in [6.45, 7) is 8.45. The first-order valence-corrected chi connectivity index (χ1v) is 5.33. The molecule has 3 N–H and O–H groups in total. The minimum atomic E-state index is -0.704. The molecule has 0 fully saturated rings. The van der Waals surface area contributed by atoms with Crippen LogP contribution in [0.3, 0.4) is 0 Å². The van der Waals surface area contributed by atoms with E-state index in [1.807, 2.05) is 20.8 Å². The molecule has 0 spiro atoms. The van der Waals surface area contributed by atoms with Gasteiger partial charge < -0.3 is 11.1 Å². The molecule has 1 unspecified atom stereocenters. The number of hydrogen-bond donors (Lipinski definition) is 2. The zero-order valence-electron chi connectivity index (χ0n) is 9.39. The average Bonchev–Trinajstić information content (AvgIpc) is 2.12. The Labute approximate surface area is 91.4 Å². The van der Waals surface area contributed by atoms with E-state index in [0.29, 0.717) is 18.9 Å². The molecule has 0 saturated heterocycles. The fraction of sp³-hybridized carbons (Fsp3) is 0.800. The molecule has 1 atom stereocenters. The highest BCUT2D eigenvalue weighted by molar-refractivity contribution is 7.80. The number of carbonyl (C=O) groups is 1. The number of carbonyl (C=O) groups excluding carboxylic acids is 1. The molecule has 4 heteroatoms. The molecule has 0 aliphatic rings. The quantitative estimate of drug-likeness (QED) is 0.684. The number of rotatable bonds is 5. The van der Waals surface area contributed by atoms with Crippen LogP contribution in [0.2, 0.25) is 0 Å². The monoisotopic (exact) mass is 216 g/mol. The minimum Gasteiger partial charge on any atom is -0.392 e. The Kier molecular flexibility index (Phi) is 5.05. The van der Waals surface area contributed by atoms with Gasteiger partial charge in [0.15, 0.2) is 0 Å². The molecule has 0 aliphatic carbocycles. The van der Waals surface area contributed by atoms with E-state index in [1.165, 1.54) is 0 Å². The van der Waals surface area contributed by atoms with Gasteiger partial charge in [-0.1, -0.05) is 33.0 Å². The van der Waals surface area contributed by atoms with Crippen LogP contribution < -0.4 is 11.1 Å². The fourth-order valence-corrected chi connectivity index (χ4v) is 1.18. The lowest BCUT2D eigenvalue weighted by molar-refractivity contribution is -0.127. The number of hydrogen-bond acceptors (Lipinski definition) is 2. The molecule has 1 amide bonds. The zero-order chi connectivity index (χ0) is 11.4. The van der Waals surface area contributed by atoms with Gasteiger partial charge in [0.25, 0.3) is 0 Å². The van der Waals surface area contributed by atoms with Crippen LogP contribution >= 0.6 is 12.2 Å². The van der Waals surface area contributed by atoms with Crippen molar-refractivity contribution in [3.05, 3.63) is 0 Å². The summed E-state index contributed by atoms with van der Waals surface area (Å²) in [6.07, 6.45) is 0.631. The number of amides is 1. The van der Waals surface area contributed by atoms with E-state index in [1.54, 1.807) is 6.92 Å². The van der Waals surface area contributed by atoms with Crippen LogP contribution in [0.25, 0.3) is 0 Å². The highest BCUT2D eigenvalue weighted by atomic mass is 32.1. The molecule has 0 aromatic carbocycles. The third kappa shape index (κ3) is 3.25. The van der Waals surface area contributed by atoms with E-state index >= 15 is 0 Å². The second kappa shape index (κ2) is 5.29. The predicted octanol–water partition coefficient (Wildman–Crippen LogP) is 1.46. The van der Waals surface area contributed by atoms with Crippen LogP contribution in [-0.4, -0.2) is 17.4 Å². The standard InChI is InChI=1S/C10H20N2OS/c1-5-10(4,8(11)14)9(13)12-6-7(2)3/h7H,5-6H2,1-4H3,(H2,11,14)(H,12,13). The molecule has 3 nitrogen and oxygen atoms in total. The van der Waals surface area contributed by atoms with E-state index in [0.717, 1.165) is 0 Å². The van der Waals surface area contributed by atoms with Crippen molar-refractivity contribution < 1.29 is 4.79 Å². The molecule has 14 heavy (non-hydrogen) atoms. The van der Waals surface area contributed by atoms with Gasteiger partial charge in [0, 0.05) is 6.54 Å². The Morgan fingerprint density at radius 2 is 2.07 bits per heavy atom. The summed E-state index contributed by atoms with van der Waals surface area (Å²) < 4.78 is 0. The maximum atomic E-state index is 11.8. The maximum absolute atomic E-state index is 11.8. The van der Waals surface area contributed by atoms with E-state index in [2.05, 4.69) is 5.32 Å². The molecule has 0 heterocycles. The molecular formula is C10H20N2OS. The van der Waals surface area contributed by atoms with Crippen molar-refractivity contribution in [2.75, 3.05) is 6.54 Å². The highest BCUT2D eigenvalue weighted by Crippen LogP contribution is 2.21. The summed E-state index contributed by atoms with van der Waals surface area (Å²) in [7, 11) is 0. The summed E-state index contributed by atoms with van der Waals surface area (Å²) in [5.41, 5.74) is 4.86. The van der Waals surface area contributed by atoms with Crippen molar-refractivity contribution in [1.82, 2.24) is 5.32 Å². The van der Waals surface area contributed by atoms with E-state index in [-0.39, 0.29) is 10.9 Å². The van der Waals surface area contributed by atoms with Crippen molar-refractivity contribution in [1.29, 1.82) is 0 Å². The first-order valence-electron chi connectivity index (χ1n) is 4.92. The van der Waals surface area contributed by atoms with Crippen LogP contribution in [0.5, 0.6) is 0 Å². The summed E-state index contributed by atoms with van der Waals surface area (Å²) in [6, 6.07) is 0. The zero-order valence-corrected chi connectivity index (χ0v) is 10.2. The lowest BCUT2D eigenvalue weighted by Gasteiger charge is -2.25. The van der Waals surface area contributed by atoms with E-state index < -0.39 is 5.41 Å². The van der Waals surface area contributed by atoms with Gasteiger partial charge in [-0.25, -0.2) is 0 Å². The Hall–Kier alpha value is -0.640. The largest absolute Gasteiger partial charge is 0.392 e. The van der Waals surface area contributed by atoms with Crippen molar-refractivity contribution in [3.8, 4) is 0 Å².